The summed E-state index contributed by atoms with van der Waals surface area (Å²) in [4.78, 5) is 36.5. The Kier molecular flexibility index (Phi) is 15.4. The summed E-state index contributed by atoms with van der Waals surface area (Å²) < 4.78 is 6.13. The molecule has 178 valence electrons. The fourth-order valence-electron chi connectivity index (χ4n) is 4.47. The summed E-state index contributed by atoms with van der Waals surface area (Å²) in [5.41, 5.74) is 0. The number of hydrogen-bond acceptors (Lipinski definition) is 4. The van der Waals surface area contributed by atoms with Crippen molar-refractivity contribution < 1.29 is 19.1 Å². The number of allylic oxidation sites excluding steroid dienone is 2. The zero-order valence-corrected chi connectivity index (χ0v) is 22.0. The molecule has 0 radical (unpaired) electrons. The first-order valence-corrected chi connectivity index (χ1v) is 13.9. The summed E-state index contributed by atoms with van der Waals surface area (Å²) in [6.07, 6.45) is 15.6. The van der Waals surface area contributed by atoms with Crippen molar-refractivity contribution in [3.8, 4) is 0 Å². The molecule has 0 aliphatic heterocycles. The van der Waals surface area contributed by atoms with Crippen LogP contribution in [0.1, 0.15) is 104 Å². The molecule has 0 aromatic rings. The second kappa shape index (κ2) is 16.8. The third-order valence-corrected chi connectivity index (χ3v) is 7.32. The first kappa shape index (κ1) is 28.3. The van der Waals surface area contributed by atoms with Gasteiger partial charge in [-0.2, -0.15) is 0 Å². The topological polar surface area (TPSA) is 60.4 Å². The van der Waals surface area contributed by atoms with Crippen LogP contribution in [-0.2, 0) is 19.1 Å². The molecule has 1 aliphatic carbocycles. The van der Waals surface area contributed by atoms with Gasteiger partial charge in [0.05, 0.1) is 6.10 Å². The van der Waals surface area contributed by atoms with E-state index in [2.05, 4.69) is 41.7 Å². The van der Waals surface area contributed by atoms with E-state index in [4.69, 9.17) is 4.74 Å². The third kappa shape index (κ3) is 12.2. The Morgan fingerprint density at radius 1 is 1.06 bits per heavy atom. The van der Waals surface area contributed by atoms with Crippen molar-refractivity contribution in [3.05, 3.63) is 12.2 Å². The molecule has 0 N–H and O–H groups in total. The van der Waals surface area contributed by atoms with Crippen LogP contribution in [0, 0.1) is 17.8 Å². The van der Waals surface area contributed by atoms with E-state index in [1.807, 2.05) is 13.8 Å². The number of ether oxygens (including phenoxy) is 1. The Bertz CT molecular complexity index is 570. The fourth-order valence-corrected chi connectivity index (χ4v) is 5.43. The SMILES string of the molecule is CCCCCCCC(=O)CC[C@H]1[C@H](CI)CC(=O)[C@@H]1CC=CCCCC(=O)OC(C)C. The Balaban J connectivity index is 2.39. The number of rotatable bonds is 17. The fraction of sp³-hybridized carbons (Fsp3) is 0.808. The van der Waals surface area contributed by atoms with Crippen LogP contribution >= 0.6 is 22.6 Å². The van der Waals surface area contributed by atoms with Gasteiger partial charge in [0, 0.05) is 36.0 Å². The third-order valence-electron chi connectivity index (χ3n) is 6.19. The normalized spacial score (nSPS) is 21.3. The number of hydrogen-bond donors (Lipinski definition) is 0. The molecule has 31 heavy (non-hydrogen) atoms. The van der Waals surface area contributed by atoms with Gasteiger partial charge in [-0.05, 0) is 57.8 Å². The van der Waals surface area contributed by atoms with Gasteiger partial charge in [0.15, 0.2) is 0 Å². The molecular weight excluding hydrogens is 503 g/mol. The number of halogens is 1. The highest BCUT2D eigenvalue weighted by atomic mass is 127. The van der Waals surface area contributed by atoms with Crippen molar-refractivity contribution in [2.24, 2.45) is 17.8 Å². The largest absolute Gasteiger partial charge is 0.463 e. The number of ketones is 2. The second-order valence-electron chi connectivity index (χ2n) is 9.23. The van der Waals surface area contributed by atoms with E-state index >= 15 is 0 Å². The van der Waals surface area contributed by atoms with Crippen LogP contribution in [0.15, 0.2) is 12.2 Å². The first-order valence-electron chi connectivity index (χ1n) is 12.3. The number of carbonyl (C=O) groups is 3. The van der Waals surface area contributed by atoms with Crippen LogP contribution in [0.4, 0.5) is 0 Å². The lowest BCUT2D eigenvalue weighted by molar-refractivity contribution is -0.147. The van der Waals surface area contributed by atoms with Gasteiger partial charge in [0.25, 0.3) is 0 Å². The lowest BCUT2D eigenvalue weighted by atomic mass is 9.83. The molecule has 0 heterocycles. The van der Waals surface area contributed by atoms with Crippen molar-refractivity contribution in [2.75, 3.05) is 4.43 Å². The molecule has 1 aliphatic rings. The highest BCUT2D eigenvalue weighted by Gasteiger charge is 2.40. The van der Waals surface area contributed by atoms with E-state index < -0.39 is 0 Å². The average Bonchev–Trinajstić information content (AvgIpc) is 3.02. The Labute approximate surface area is 203 Å². The minimum Gasteiger partial charge on any atom is -0.463 e. The molecule has 5 heteroatoms. The molecule has 1 rings (SSSR count). The molecule has 1 fully saturated rings. The summed E-state index contributed by atoms with van der Waals surface area (Å²) in [7, 11) is 0. The molecule has 0 saturated heterocycles. The first-order chi connectivity index (χ1) is 14.9. The monoisotopic (exact) mass is 546 g/mol. The zero-order chi connectivity index (χ0) is 23.1. The predicted molar refractivity (Wildman–Crippen MR) is 135 cm³/mol. The summed E-state index contributed by atoms with van der Waals surface area (Å²) in [6.45, 7) is 5.92. The van der Waals surface area contributed by atoms with Crippen molar-refractivity contribution in [2.45, 2.75) is 110 Å². The van der Waals surface area contributed by atoms with Gasteiger partial charge in [-0.3, -0.25) is 14.4 Å². The van der Waals surface area contributed by atoms with Crippen LogP contribution in [0.25, 0.3) is 0 Å². The van der Waals surface area contributed by atoms with Crippen LogP contribution in [0.5, 0.6) is 0 Å². The van der Waals surface area contributed by atoms with E-state index in [-0.39, 0.29) is 18.0 Å². The number of alkyl halides is 1. The molecule has 0 amide bonds. The molecular formula is C26H43IO4. The molecule has 0 spiro atoms. The summed E-state index contributed by atoms with van der Waals surface area (Å²) in [5.74, 6) is 1.39. The maximum Gasteiger partial charge on any atom is 0.306 e. The Morgan fingerprint density at radius 3 is 2.48 bits per heavy atom. The number of carbonyl (C=O) groups excluding carboxylic acids is 3. The van der Waals surface area contributed by atoms with Crippen LogP contribution in [0.3, 0.4) is 0 Å². The molecule has 1 saturated carbocycles. The maximum atomic E-state index is 12.6. The Morgan fingerprint density at radius 2 is 1.81 bits per heavy atom. The molecule has 4 nitrogen and oxygen atoms in total. The van der Waals surface area contributed by atoms with Gasteiger partial charge in [0.2, 0.25) is 0 Å². The number of unbranched alkanes of at least 4 members (excludes halogenated alkanes) is 5. The van der Waals surface area contributed by atoms with E-state index in [1.165, 1.54) is 19.3 Å². The van der Waals surface area contributed by atoms with Crippen molar-refractivity contribution in [1.82, 2.24) is 0 Å². The van der Waals surface area contributed by atoms with Gasteiger partial charge in [0.1, 0.15) is 11.6 Å². The smallest absolute Gasteiger partial charge is 0.306 e. The van der Waals surface area contributed by atoms with Crippen LogP contribution in [0.2, 0.25) is 0 Å². The average molecular weight is 547 g/mol. The molecule has 0 unspecified atom stereocenters. The standard InChI is InChI=1S/C26H43IO4/c1-4-5-6-7-10-13-22(28)16-17-23-21(19-27)18-25(29)24(23)14-11-8-9-12-15-26(30)31-20(2)3/h8,11,20-21,23-24H,4-7,9-10,12-19H2,1-3H3/t21-,23-,24+/m0/s1. The highest BCUT2D eigenvalue weighted by Crippen LogP contribution is 2.40. The molecule has 0 bridgehead atoms. The van der Waals surface area contributed by atoms with Gasteiger partial charge >= 0.3 is 5.97 Å². The predicted octanol–water partition coefficient (Wildman–Crippen LogP) is 7.02. The van der Waals surface area contributed by atoms with E-state index in [0.29, 0.717) is 49.1 Å². The summed E-state index contributed by atoms with van der Waals surface area (Å²) in [6, 6.07) is 0. The summed E-state index contributed by atoms with van der Waals surface area (Å²) in [5, 5.41) is 0. The van der Waals surface area contributed by atoms with E-state index in [0.717, 1.165) is 43.0 Å². The van der Waals surface area contributed by atoms with E-state index in [9.17, 15) is 14.4 Å². The molecule has 3 atom stereocenters. The number of Topliss-reactive ketones (excluding diaryl/α,β-unsaturated/α-hetero) is 2. The van der Waals surface area contributed by atoms with Gasteiger partial charge in [-0.1, -0.05) is 67.3 Å². The van der Waals surface area contributed by atoms with Crippen molar-refractivity contribution in [1.29, 1.82) is 0 Å². The number of esters is 1. The maximum absolute atomic E-state index is 12.6. The van der Waals surface area contributed by atoms with Gasteiger partial charge in [-0.25, -0.2) is 0 Å². The van der Waals surface area contributed by atoms with Crippen molar-refractivity contribution >= 4 is 40.1 Å². The van der Waals surface area contributed by atoms with Crippen molar-refractivity contribution in [3.63, 3.8) is 0 Å². The molecule has 0 aromatic carbocycles. The zero-order valence-electron chi connectivity index (χ0n) is 19.9. The van der Waals surface area contributed by atoms with Gasteiger partial charge < -0.3 is 4.74 Å². The Hall–Kier alpha value is -0.720. The van der Waals surface area contributed by atoms with E-state index in [1.54, 1.807) is 0 Å². The highest BCUT2D eigenvalue weighted by molar-refractivity contribution is 14.1. The minimum atomic E-state index is -0.144. The van der Waals surface area contributed by atoms with Gasteiger partial charge in [-0.15, -0.1) is 0 Å². The molecule has 0 aromatic heterocycles. The van der Waals surface area contributed by atoms with Crippen LogP contribution < -0.4 is 0 Å². The lowest BCUT2D eigenvalue weighted by Gasteiger charge is -2.21. The van der Waals surface area contributed by atoms with Crippen LogP contribution in [-0.4, -0.2) is 28.1 Å². The second-order valence-corrected chi connectivity index (χ2v) is 10.1. The minimum absolute atomic E-state index is 0.0549. The quantitative estimate of drug-likeness (QED) is 0.0647. The summed E-state index contributed by atoms with van der Waals surface area (Å²) >= 11 is 2.39. The lowest BCUT2D eigenvalue weighted by Crippen LogP contribution is -2.19.